The van der Waals surface area contributed by atoms with Crippen molar-refractivity contribution in [2.75, 3.05) is 0 Å². The van der Waals surface area contributed by atoms with Crippen molar-refractivity contribution >= 4 is 17.9 Å². The first-order valence-electron chi connectivity index (χ1n) is 5.82. The molecule has 1 aromatic rings. The predicted molar refractivity (Wildman–Crippen MR) is 71.6 cm³/mol. The smallest absolute Gasteiger partial charge is 0.152 e. The van der Waals surface area contributed by atoms with E-state index < -0.39 is 0 Å². The Hall–Kier alpha value is -2.03. The van der Waals surface area contributed by atoms with Crippen molar-refractivity contribution in [3.63, 3.8) is 0 Å². The molecule has 94 valence electrons. The summed E-state index contributed by atoms with van der Waals surface area (Å²) in [5.41, 5.74) is 0.896. The molecule has 0 atom stereocenters. The van der Waals surface area contributed by atoms with Crippen LogP contribution in [0, 0.1) is 0 Å². The molecule has 1 aliphatic rings. The van der Waals surface area contributed by atoms with Crippen molar-refractivity contribution in [1.82, 2.24) is 0 Å². The Bertz CT molecular complexity index is 551. The highest BCUT2D eigenvalue weighted by Crippen LogP contribution is 2.38. The van der Waals surface area contributed by atoms with Crippen LogP contribution in [0.5, 0.6) is 11.5 Å². The average molecular weight is 244 g/mol. The van der Waals surface area contributed by atoms with Gasteiger partial charge in [0.05, 0.1) is 5.56 Å². The standard InChI is InChI=1S/C15H16O3/c1-10(16)4-5-11-6-7-13-12(14(11)17)8-9-15(2,3)18-13/h4-9,17H,1-3H3/b5-4+. The van der Waals surface area contributed by atoms with Crippen LogP contribution in [-0.2, 0) is 4.79 Å². The van der Waals surface area contributed by atoms with E-state index >= 15 is 0 Å². The zero-order valence-electron chi connectivity index (χ0n) is 10.7. The molecule has 0 unspecified atom stereocenters. The second-order valence-corrected chi connectivity index (χ2v) is 4.90. The molecular formula is C15H16O3. The van der Waals surface area contributed by atoms with Crippen LogP contribution in [0.25, 0.3) is 12.2 Å². The van der Waals surface area contributed by atoms with Gasteiger partial charge in [-0.25, -0.2) is 0 Å². The Morgan fingerprint density at radius 2 is 2.11 bits per heavy atom. The Labute approximate surface area is 106 Å². The number of phenols is 1. The van der Waals surface area contributed by atoms with Gasteiger partial charge in [0, 0.05) is 5.56 Å². The summed E-state index contributed by atoms with van der Waals surface area (Å²) in [6.45, 7) is 5.37. The number of ether oxygens (including phenoxy) is 1. The lowest BCUT2D eigenvalue weighted by atomic mass is 9.99. The molecule has 1 aliphatic heterocycles. The highest BCUT2D eigenvalue weighted by atomic mass is 16.5. The van der Waals surface area contributed by atoms with Crippen molar-refractivity contribution in [2.24, 2.45) is 0 Å². The molecule has 0 amide bonds. The van der Waals surface area contributed by atoms with E-state index in [-0.39, 0.29) is 17.1 Å². The summed E-state index contributed by atoms with van der Waals surface area (Å²) in [5.74, 6) is 0.733. The number of carbonyl (C=O) groups excluding carboxylic acids is 1. The van der Waals surface area contributed by atoms with Gasteiger partial charge in [-0.3, -0.25) is 4.79 Å². The summed E-state index contributed by atoms with van der Waals surface area (Å²) in [4.78, 5) is 10.9. The third-order valence-corrected chi connectivity index (χ3v) is 2.73. The topological polar surface area (TPSA) is 46.5 Å². The molecule has 3 heteroatoms. The van der Waals surface area contributed by atoms with Crippen LogP contribution in [0.4, 0.5) is 0 Å². The molecule has 1 aromatic carbocycles. The minimum atomic E-state index is -0.365. The number of aromatic hydroxyl groups is 1. The fourth-order valence-electron chi connectivity index (χ4n) is 1.80. The van der Waals surface area contributed by atoms with E-state index in [0.29, 0.717) is 16.9 Å². The summed E-state index contributed by atoms with van der Waals surface area (Å²) in [6.07, 6.45) is 6.77. The Morgan fingerprint density at radius 3 is 2.78 bits per heavy atom. The maximum absolute atomic E-state index is 10.9. The lowest BCUT2D eigenvalue weighted by Crippen LogP contribution is -2.27. The molecule has 0 spiro atoms. The number of allylic oxidation sites excluding steroid dienone is 1. The Morgan fingerprint density at radius 1 is 1.39 bits per heavy atom. The summed E-state index contributed by atoms with van der Waals surface area (Å²) >= 11 is 0. The molecular weight excluding hydrogens is 228 g/mol. The summed E-state index contributed by atoms with van der Waals surface area (Å²) in [5, 5.41) is 10.1. The molecule has 0 saturated heterocycles. The van der Waals surface area contributed by atoms with Gasteiger partial charge in [-0.05, 0) is 57.2 Å². The van der Waals surface area contributed by atoms with Gasteiger partial charge in [0.2, 0.25) is 0 Å². The van der Waals surface area contributed by atoms with Crippen LogP contribution in [0.3, 0.4) is 0 Å². The number of hydrogen-bond donors (Lipinski definition) is 1. The predicted octanol–water partition coefficient (Wildman–Crippen LogP) is 3.18. The number of rotatable bonds is 2. The largest absolute Gasteiger partial charge is 0.507 e. The van der Waals surface area contributed by atoms with E-state index in [0.717, 1.165) is 0 Å². The van der Waals surface area contributed by atoms with Gasteiger partial charge in [-0.2, -0.15) is 0 Å². The normalized spacial score (nSPS) is 16.4. The van der Waals surface area contributed by atoms with Crippen LogP contribution in [-0.4, -0.2) is 16.5 Å². The minimum Gasteiger partial charge on any atom is -0.507 e. The van der Waals surface area contributed by atoms with E-state index in [1.54, 1.807) is 18.2 Å². The van der Waals surface area contributed by atoms with Crippen molar-refractivity contribution in [2.45, 2.75) is 26.4 Å². The maximum atomic E-state index is 10.9. The molecule has 0 bridgehead atoms. The first-order chi connectivity index (χ1) is 8.39. The van der Waals surface area contributed by atoms with Crippen LogP contribution < -0.4 is 4.74 Å². The van der Waals surface area contributed by atoms with Crippen LogP contribution in [0.15, 0.2) is 24.3 Å². The minimum absolute atomic E-state index is 0.0555. The number of fused-ring (bicyclic) bond motifs is 1. The van der Waals surface area contributed by atoms with E-state index in [4.69, 9.17) is 4.74 Å². The Balaban J connectivity index is 2.43. The number of carbonyl (C=O) groups is 1. The number of benzene rings is 1. The Kier molecular flexibility index (Phi) is 2.99. The van der Waals surface area contributed by atoms with Gasteiger partial charge in [0.1, 0.15) is 17.1 Å². The summed E-state index contributed by atoms with van der Waals surface area (Å²) < 4.78 is 5.74. The van der Waals surface area contributed by atoms with Crippen molar-refractivity contribution in [3.8, 4) is 11.5 Å². The fraction of sp³-hybridized carbons (Fsp3) is 0.267. The van der Waals surface area contributed by atoms with E-state index in [1.165, 1.54) is 13.0 Å². The lowest BCUT2D eigenvalue weighted by Gasteiger charge is -2.28. The average Bonchev–Trinajstić information content (AvgIpc) is 2.26. The van der Waals surface area contributed by atoms with Crippen molar-refractivity contribution in [1.29, 1.82) is 0 Å². The molecule has 0 radical (unpaired) electrons. The SMILES string of the molecule is CC(=O)/C=C/c1ccc2c(c1O)C=CC(C)(C)O2. The van der Waals surface area contributed by atoms with Crippen molar-refractivity contribution in [3.05, 3.63) is 35.4 Å². The second-order valence-electron chi connectivity index (χ2n) is 4.90. The highest BCUT2D eigenvalue weighted by molar-refractivity contribution is 5.92. The van der Waals surface area contributed by atoms with Crippen molar-refractivity contribution < 1.29 is 14.6 Å². The number of ketones is 1. The quantitative estimate of drug-likeness (QED) is 0.813. The third kappa shape index (κ3) is 2.45. The van der Waals surface area contributed by atoms with Crippen LogP contribution >= 0.6 is 0 Å². The van der Waals surface area contributed by atoms with Gasteiger partial charge in [0.25, 0.3) is 0 Å². The molecule has 0 fully saturated rings. The first kappa shape index (κ1) is 12.4. The summed E-state index contributed by atoms with van der Waals surface area (Å²) in [7, 11) is 0. The number of phenolic OH excluding ortho intramolecular Hbond substituents is 1. The molecule has 18 heavy (non-hydrogen) atoms. The van der Waals surface area contributed by atoms with E-state index in [2.05, 4.69) is 0 Å². The summed E-state index contributed by atoms with van der Waals surface area (Å²) in [6, 6.07) is 3.54. The van der Waals surface area contributed by atoms with Gasteiger partial charge < -0.3 is 9.84 Å². The van der Waals surface area contributed by atoms with Gasteiger partial charge in [-0.1, -0.05) is 0 Å². The van der Waals surface area contributed by atoms with E-state index in [9.17, 15) is 9.90 Å². The van der Waals surface area contributed by atoms with Crippen LogP contribution in [0.1, 0.15) is 31.9 Å². The third-order valence-electron chi connectivity index (χ3n) is 2.73. The lowest BCUT2D eigenvalue weighted by molar-refractivity contribution is -0.112. The second kappa shape index (κ2) is 4.33. The molecule has 0 aromatic heterocycles. The molecule has 1 N–H and O–H groups in total. The maximum Gasteiger partial charge on any atom is 0.152 e. The van der Waals surface area contributed by atoms with Gasteiger partial charge in [-0.15, -0.1) is 0 Å². The van der Waals surface area contributed by atoms with Gasteiger partial charge >= 0.3 is 0 Å². The van der Waals surface area contributed by atoms with Crippen LogP contribution in [0.2, 0.25) is 0 Å². The van der Waals surface area contributed by atoms with Gasteiger partial charge in [0.15, 0.2) is 5.78 Å². The molecule has 0 aliphatic carbocycles. The molecule has 1 heterocycles. The molecule has 2 rings (SSSR count). The number of hydrogen-bond acceptors (Lipinski definition) is 3. The molecule has 0 saturated carbocycles. The highest BCUT2D eigenvalue weighted by Gasteiger charge is 2.23. The molecule has 3 nitrogen and oxygen atoms in total. The monoisotopic (exact) mass is 244 g/mol. The fourth-order valence-corrected chi connectivity index (χ4v) is 1.80. The van der Waals surface area contributed by atoms with E-state index in [1.807, 2.05) is 26.0 Å². The zero-order valence-corrected chi connectivity index (χ0v) is 10.7. The zero-order chi connectivity index (χ0) is 13.3. The first-order valence-corrected chi connectivity index (χ1v) is 5.82.